The van der Waals surface area contributed by atoms with Gasteiger partial charge < -0.3 is 4.42 Å². The van der Waals surface area contributed by atoms with Gasteiger partial charge in [-0.05, 0) is 48.0 Å². The number of hydrazone groups is 1. The smallest absolute Gasteiger partial charge is 0.316 e. The molecule has 0 bridgehead atoms. The van der Waals surface area contributed by atoms with Gasteiger partial charge in [0.1, 0.15) is 0 Å². The molecule has 2 heterocycles. The molecular weight excluding hydrogens is 460 g/mol. The van der Waals surface area contributed by atoms with Crippen molar-refractivity contribution in [2.45, 2.75) is 0 Å². The van der Waals surface area contributed by atoms with Crippen molar-refractivity contribution < 1.29 is 14.1 Å². The van der Waals surface area contributed by atoms with Gasteiger partial charge in [0.05, 0.1) is 27.6 Å². The molecule has 0 saturated heterocycles. The van der Waals surface area contributed by atoms with E-state index in [1.54, 1.807) is 24.3 Å². The normalized spacial score (nSPS) is 11.2. The fraction of sp³-hybridized carbons (Fsp3) is 0. The first-order valence-corrected chi connectivity index (χ1v) is 9.85. The number of anilines is 1. The van der Waals surface area contributed by atoms with Gasteiger partial charge in [0.15, 0.2) is 5.76 Å². The average Bonchev–Trinajstić information content (AvgIpc) is 3.38. The summed E-state index contributed by atoms with van der Waals surface area (Å²) in [6.07, 6.45) is 2.84. The molecule has 0 aliphatic rings. The predicted molar refractivity (Wildman–Crippen MR) is 114 cm³/mol. The Labute approximate surface area is 176 Å². The highest BCUT2D eigenvalue weighted by atomic mass is 79.9. The Morgan fingerprint density at radius 1 is 1.24 bits per heavy atom. The van der Waals surface area contributed by atoms with Crippen LogP contribution in [0.1, 0.15) is 16.1 Å². The van der Waals surface area contributed by atoms with Crippen LogP contribution in [0.4, 0.5) is 10.8 Å². The molecule has 144 valence electrons. The Hall–Kier alpha value is -3.37. The summed E-state index contributed by atoms with van der Waals surface area (Å²) >= 11 is 4.73. The Balaban J connectivity index is 1.71. The molecule has 0 saturated carbocycles. The zero-order valence-corrected chi connectivity index (χ0v) is 17.0. The van der Waals surface area contributed by atoms with Crippen LogP contribution in [0.3, 0.4) is 0 Å². The number of amides is 1. The third-order valence-electron chi connectivity index (χ3n) is 3.87. The van der Waals surface area contributed by atoms with Crippen LogP contribution >= 0.6 is 27.3 Å². The first kappa shape index (κ1) is 19.0. The topological polar surface area (TPSA) is 102 Å². The molecule has 4 rings (SSSR count). The third kappa shape index (κ3) is 4.08. The van der Waals surface area contributed by atoms with Gasteiger partial charge in [0, 0.05) is 16.6 Å². The molecule has 0 aliphatic carbocycles. The summed E-state index contributed by atoms with van der Waals surface area (Å²) < 4.78 is 7.00. The quantitative estimate of drug-likeness (QED) is 0.225. The summed E-state index contributed by atoms with van der Waals surface area (Å²) in [6.45, 7) is 0. The van der Waals surface area contributed by atoms with E-state index < -0.39 is 10.8 Å². The number of benzene rings is 2. The lowest BCUT2D eigenvalue weighted by Gasteiger charge is -2.11. The summed E-state index contributed by atoms with van der Waals surface area (Å²) in [5.74, 6) is -0.363. The van der Waals surface area contributed by atoms with Gasteiger partial charge in [0.25, 0.3) is 5.69 Å². The average molecular weight is 471 g/mol. The third-order valence-corrected chi connectivity index (χ3v) is 5.36. The minimum atomic E-state index is -0.480. The number of carbonyl (C=O) groups excluding carboxylic acids is 1. The molecule has 10 heteroatoms. The fourth-order valence-corrected chi connectivity index (χ4v) is 3.95. The van der Waals surface area contributed by atoms with Gasteiger partial charge in [0.2, 0.25) is 5.13 Å². The van der Waals surface area contributed by atoms with Gasteiger partial charge in [-0.15, -0.1) is 0 Å². The number of furan rings is 1. The lowest BCUT2D eigenvalue weighted by Crippen LogP contribution is -2.25. The van der Waals surface area contributed by atoms with E-state index in [4.69, 9.17) is 4.42 Å². The van der Waals surface area contributed by atoms with Crippen molar-refractivity contribution in [1.29, 1.82) is 0 Å². The maximum absolute atomic E-state index is 12.9. The highest BCUT2D eigenvalue weighted by Gasteiger charge is 2.23. The van der Waals surface area contributed by atoms with Crippen LogP contribution in [-0.4, -0.2) is 22.0 Å². The lowest BCUT2D eigenvalue weighted by molar-refractivity contribution is -0.384. The highest BCUT2D eigenvalue weighted by molar-refractivity contribution is 9.10. The molecule has 0 spiro atoms. The van der Waals surface area contributed by atoms with Gasteiger partial charge in [-0.2, -0.15) is 10.1 Å². The van der Waals surface area contributed by atoms with Crippen LogP contribution in [-0.2, 0) is 0 Å². The van der Waals surface area contributed by atoms with Crippen LogP contribution in [0.25, 0.3) is 10.2 Å². The van der Waals surface area contributed by atoms with E-state index in [0.29, 0.717) is 10.7 Å². The number of nitro groups is 1. The molecule has 0 unspecified atom stereocenters. The molecule has 29 heavy (non-hydrogen) atoms. The van der Waals surface area contributed by atoms with E-state index >= 15 is 0 Å². The fourth-order valence-electron chi connectivity index (χ4n) is 2.48. The SMILES string of the molecule is O=C(c1ccco1)N(/N=C/c1ccc([N+](=O)[O-])cc1)c1nc2ccc(Br)cc2s1. The molecule has 0 radical (unpaired) electrons. The molecule has 4 aromatic rings. The second-order valence-electron chi connectivity index (χ2n) is 5.80. The first-order valence-electron chi connectivity index (χ1n) is 8.24. The van der Waals surface area contributed by atoms with Crippen molar-refractivity contribution in [3.63, 3.8) is 0 Å². The molecule has 0 aliphatic heterocycles. The largest absolute Gasteiger partial charge is 0.459 e. The van der Waals surface area contributed by atoms with Crippen LogP contribution in [0.5, 0.6) is 0 Å². The lowest BCUT2D eigenvalue weighted by atomic mass is 10.2. The Kier molecular flexibility index (Phi) is 5.19. The number of hydrogen-bond donors (Lipinski definition) is 0. The summed E-state index contributed by atoms with van der Waals surface area (Å²) in [5, 5.41) is 16.6. The molecule has 2 aromatic carbocycles. The summed E-state index contributed by atoms with van der Waals surface area (Å²) in [7, 11) is 0. The summed E-state index contributed by atoms with van der Waals surface area (Å²) in [5.41, 5.74) is 1.30. The standard InChI is InChI=1S/C19H11BrN4O4S/c20-13-5-8-15-17(10-13)29-19(22-15)23(18(25)16-2-1-9-28-16)21-11-12-3-6-14(7-4-12)24(26)27/h1-11H/b21-11+. The Morgan fingerprint density at radius 2 is 2.03 bits per heavy atom. The Bertz CT molecular complexity index is 1220. The zero-order valence-electron chi connectivity index (χ0n) is 14.6. The van der Waals surface area contributed by atoms with Gasteiger partial charge in [-0.25, -0.2) is 4.98 Å². The van der Waals surface area contributed by atoms with Crippen molar-refractivity contribution in [1.82, 2.24) is 4.98 Å². The van der Waals surface area contributed by atoms with Crippen molar-refractivity contribution >= 4 is 60.4 Å². The molecule has 0 fully saturated rings. The number of thiazole rings is 1. The number of fused-ring (bicyclic) bond motifs is 1. The Morgan fingerprint density at radius 3 is 2.72 bits per heavy atom. The number of nitrogens with zero attached hydrogens (tertiary/aromatic N) is 4. The van der Waals surface area contributed by atoms with Gasteiger partial charge in [-0.1, -0.05) is 27.3 Å². The second kappa shape index (κ2) is 7.94. The number of halogens is 1. The zero-order chi connectivity index (χ0) is 20.4. The number of nitro benzene ring substituents is 1. The van der Waals surface area contributed by atoms with Crippen LogP contribution in [0, 0.1) is 10.1 Å². The van der Waals surface area contributed by atoms with E-state index in [-0.39, 0.29) is 11.4 Å². The number of carbonyl (C=O) groups is 1. The number of hydrogen-bond acceptors (Lipinski definition) is 7. The van der Waals surface area contributed by atoms with Crippen LogP contribution in [0.15, 0.2) is 74.9 Å². The second-order valence-corrected chi connectivity index (χ2v) is 7.72. The minimum absolute atomic E-state index is 0.0255. The molecule has 0 atom stereocenters. The highest BCUT2D eigenvalue weighted by Crippen LogP contribution is 2.32. The van der Waals surface area contributed by atoms with Crippen molar-refractivity contribution in [3.05, 3.63) is 86.8 Å². The maximum Gasteiger partial charge on any atom is 0.316 e. The number of aromatic nitrogens is 1. The number of rotatable bonds is 5. The van der Waals surface area contributed by atoms with Crippen LogP contribution < -0.4 is 5.01 Å². The van der Waals surface area contributed by atoms with Gasteiger partial charge in [-0.3, -0.25) is 14.9 Å². The summed E-state index contributed by atoms with van der Waals surface area (Å²) in [4.78, 5) is 27.7. The first-order chi connectivity index (χ1) is 14.0. The predicted octanol–water partition coefficient (Wildman–Crippen LogP) is 5.24. The van der Waals surface area contributed by atoms with Crippen molar-refractivity contribution in [2.24, 2.45) is 5.10 Å². The molecular formula is C19H11BrN4O4S. The van der Waals surface area contributed by atoms with E-state index in [0.717, 1.165) is 19.7 Å². The van der Waals surface area contributed by atoms with Crippen molar-refractivity contribution in [3.8, 4) is 0 Å². The van der Waals surface area contributed by atoms with Gasteiger partial charge >= 0.3 is 5.91 Å². The molecule has 8 nitrogen and oxygen atoms in total. The molecule has 1 amide bonds. The van der Waals surface area contributed by atoms with E-state index in [1.165, 1.54) is 35.9 Å². The van der Waals surface area contributed by atoms with E-state index in [9.17, 15) is 14.9 Å². The summed E-state index contributed by atoms with van der Waals surface area (Å²) in [6, 6.07) is 14.6. The molecule has 0 N–H and O–H groups in total. The van der Waals surface area contributed by atoms with E-state index in [2.05, 4.69) is 26.0 Å². The van der Waals surface area contributed by atoms with Crippen molar-refractivity contribution in [2.75, 3.05) is 5.01 Å². The van der Waals surface area contributed by atoms with Crippen LogP contribution in [0.2, 0.25) is 0 Å². The maximum atomic E-state index is 12.9. The minimum Gasteiger partial charge on any atom is -0.459 e. The van der Waals surface area contributed by atoms with E-state index in [1.807, 2.05) is 18.2 Å². The number of non-ortho nitro benzene ring substituents is 1. The monoisotopic (exact) mass is 470 g/mol. The molecule has 2 aromatic heterocycles.